The van der Waals surface area contributed by atoms with Crippen LogP contribution in [0.15, 0.2) is 52.0 Å². The third kappa shape index (κ3) is 6.28. The predicted octanol–water partition coefficient (Wildman–Crippen LogP) is 3.67. The number of hydrogen-bond acceptors (Lipinski definition) is 4. The number of hydrogen-bond donors (Lipinski definition) is 1. The van der Waals surface area contributed by atoms with Crippen molar-refractivity contribution in [1.29, 1.82) is 0 Å². The van der Waals surface area contributed by atoms with Crippen molar-refractivity contribution in [3.8, 4) is 0 Å². The van der Waals surface area contributed by atoms with Gasteiger partial charge in [-0.05, 0) is 35.9 Å². The van der Waals surface area contributed by atoms with Crippen LogP contribution in [-0.2, 0) is 14.8 Å². The highest BCUT2D eigenvalue weighted by Gasteiger charge is 2.21. The molecule has 138 valence electrons. The SMILES string of the molecule is CS(=O)(=O)N(CC(=O)N/N=C\c1cccc(Br)c1)c1cc(Cl)cc(Cl)c1. The standard InChI is InChI=1S/C16H14BrCl2N3O3S/c1-26(24,25)22(15-7-13(18)6-14(19)8-15)10-16(23)21-20-9-11-3-2-4-12(17)5-11/h2-9H,10H2,1H3,(H,21,23)/b20-9-. The van der Waals surface area contributed by atoms with E-state index in [1.54, 1.807) is 6.07 Å². The van der Waals surface area contributed by atoms with Crippen molar-refractivity contribution in [2.75, 3.05) is 17.1 Å². The second-order valence-corrected chi connectivity index (χ2v) is 8.94. The number of anilines is 1. The number of sulfonamides is 1. The van der Waals surface area contributed by atoms with Crippen LogP contribution in [0.5, 0.6) is 0 Å². The number of hydrazone groups is 1. The number of nitrogens with zero attached hydrogens (tertiary/aromatic N) is 2. The van der Waals surface area contributed by atoms with E-state index >= 15 is 0 Å². The van der Waals surface area contributed by atoms with Crippen molar-refractivity contribution >= 4 is 67.0 Å². The van der Waals surface area contributed by atoms with Gasteiger partial charge in [0.2, 0.25) is 10.0 Å². The van der Waals surface area contributed by atoms with Crippen LogP contribution >= 0.6 is 39.1 Å². The molecule has 2 aromatic rings. The molecule has 2 aromatic carbocycles. The average Bonchev–Trinajstić information content (AvgIpc) is 2.50. The zero-order chi connectivity index (χ0) is 19.3. The minimum atomic E-state index is -3.73. The van der Waals surface area contributed by atoms with E-state index in [9.17, 15) is 13.2 Å². The highest BCUT2D eigenvalue weighted by Crippen LogP contribution is 2.26. The molecule has 26 heavy (non-hydrogen) atoms. The lowest BCUT2D eigenvalue weighted by Gasteiger charge is -2.21. The number of carbonyl (C=O) groups is 1. The molecule has 1 N–H and O–H groups in total. The molecule has 10 heteroatoms. The molecular formula is C16H14BrCl2N3O3S. The van der Waals surface area contributed by atoms with Gasteiger partial charge in [-0.1, -0.05) is 51.3 Å². The molecule has 0 atom stereocenters. The van der Waals surface area contributed by atoms with Crippen LogP contribution in [0.1, 0.15) is 5.56 Å². The van der Waals surface area contributed by atoms with Gasteiger partial charge in [-0.3, -0.25) is 9.10 Å². The molecule has 0 unspecified atom stereocenters. The van der Waals surface area contributed by atoms with Crippen molar-refractivity contribution < 1.29 is 13.2 Å². The average molecular weight is 479 g/mol. The Hall–Kier alpha value is -1.61. The van der Waals surface area contributed by atoms with E-state index < -0.39 is 22.5 Å². The van der Waals surface area contributed by atoms with E-state index in [2.05, 4.69) is 26.5 Å². The van der Waals surface area contributed by atoms with Gasteiger partial charge >= 0.3 is 0 Å². The first-order chi connectivity index (χ1) is 12.1. The van der Waals surface area contributed by atoms with Gasteiger partial charge in [0, 0.05) is 14.5 Å². The maximum atomic E-state index is 12.1. The van der Waals surface area contributed by atoms with Crippen molar-refractivity contribution in [2.24, 2.45) is 5.10 Å². The van der Waals surface area contributed by atoms with Crippen molar-refractivity contribution in [3.63, 3.8) is 0 Å². The fourth-order valence-corrected chi connectivity index (χ4v) is 3.79. The van der Waals surface area contributed by atoms with Gasteiger partial charge < -0.3 is 0 Å². The summed E-state index contributed by atoms with van der Waals surface area (Å²) in [4.78, 5) is 12.1. The Morgan fingerprint density at radius 3 is 2.46 bits per heavy atom. The van der Waals surface area contributed by atoms with E-state index in [0.717, 1.165) is 20.6 Å². The van der Waals surface area contributed by atoms with Gasteiger partial charge in [0.05, 0.1) is 18.2 Å². The Balaban J connectivity index is 2.12. The lowest BCUT2D eigenvalue weighted by Crippen LogP contribution is -2.39. The Bertz CT molecular complexity index is 931. The third-order valence-corrected chi connectivity index (χ3v) is 5.14. The molecule has 0 aliphatic carbocycles. The van der Waals surface area contributed by atoms with Crippen LogP contribution in [0.4, 0.5) is 5.69 Å². The highest BCUT2D eigenvalue weighted by atomic mass is 79.9. The quantitative estimate of drug-likeness (QED) is 0.508. The Labute approximate surface area is 170 Å². The summed E-state index contributed by atoms with van der Waals surface area (Å²) in [6, 6.07) is 11.6. The minimum Gasteiger partial charge on any atom is -0.271 e. The molecule has 0 saturated carbocycles. The molecule has 2 rings (SSSR count). The van der Waals surface area contributed by atoms with E-state index in [1.807, 2.05) is 18.2 Å². The maximum Gasteiger partial charge on any atom is 0.260 e. The summed E-state index contributed by atoms with van der Waals surface area (Å²) in [5.41, 5.74) is 3.25. The zero-order valence-corrected chi connectivity index (χ0v) is 17.4. The number of rotatable bonds is 6. The summed E-state index contributed by atoms with van der Waals surface area (Å²) < 4.78 is 25.8. The summed E-state index contributed by atoms with van der Waals surface area (Å²) in [7, 11) is -3.73. The first-order valence-corrected chi connectivity index (χ1v) is 10.6. The zero-order valence-electron chi connectivity index (χ0n) is 13.5. The summed E-state index contributed by atoms with van der Waals surface area (Å²) in [6.45, 7) is -0.467. The molecule has 0 spiro atoms. The van der Waals surface area contributed by atoms with E-state index in [-0.39, 0.29) is 15.7 Å². The number of nitrogens with one attached hydrogen (secondary N) is 1. The molecule has 0 fully saturated rings. The fourth-order valence-electron chi connectivity index (χ4n) is 2.01. The maximum absolute atomic E-state index is 12.1. The summed E-state index contributed by atoms with van der Waals surface area (Å²) in [5.74, 6) is -0.613. The first kappa shape index (κ1) is 20.7. The summed E-state index contributed by atoms with van der Waals surface area (Å²) >= 11 is 15.2. The molecule has 0 bridgehead atoms. The van der Waals surface area contributed by atoms with Gasteiger partial charge in [-0.15, -0.1) is 0 Å². The monoisotopic (exact) mass is 477 g/mol. The van der Waals surface area contributed by atoms with Crippen LogP contribution < -0.4 is 9.73 Å². The smallest absolute Gasteiger partial charge is 0.260 e. The second kappa shape index (κ2) is 8.85. The van der Waals surface area contributed by atoms with Crippen molar-refractivity contribution in [2.45, 2.75) is 0 Å². The minimum absolute atomic E-state index is 0.191. The number of carbonyl (C=O) groups excluding carboxylic acids is 1. The summed E-state index contributed by atoms with van der Waals surface area (Å²) in [5, 5.41) is 4.34. The number of amides is 1. The van der Waals surface area contributed by atoms with Gasteiger partial charge in [0.1, 0.15) is 6.54 Å². The van der Waals surface area contributed by atoms with Crippen LogP contribution in [0.25, 0.3) is 0 Å². The molecule has 0 aliphatic rings. The Kier molecular flexibility index (Phi) is 7.05. The molecular weight excluding hydrogens is 465 g/mol. The van der Waals surface area contributed by atoms with Gasteiger partial charge in [0.25, 0.3) is 5.91 Å². The largest absolute Gasteiger partial charge is 0.271 e. The molecule has 0 heterocycles. The molecule has 1 amide bonds. The Morgan fingerprint density at radius 2 is 1.88 bits per heavy atom. The van der Waals surface area contributed by atoms with Crippen LogP contribution in [-0.4, -0.2) is 33.3 Å². The van der Waals surface area contributed by atoms with Crippen LogP contribution in [0.3, 0.4) is 0 Å². The number of benzene rings is 2. The molecule has 0 aromatic heterocycles. The second-order valence-electron chi connectivity index (χ2n) is 5.25. The van der Waals surface area contributed by atoms with E-state index in [1.165, 1.54) is 24.4 Å². The van der Waals surface area contributed by atoms with Crippen LogP contribution in [0, 0.1) is 0 Å². The molecule has 6 nitrogen and oxygen atoms in total. The molecule has 0 saturated heterocycles. The Morgan fingerprint density at radius 1 is 1.23 bits per heavy atom. The van der Waals surface area contributed by atoms with Crippen molar-refractivity contribution in [1.82, 2.24) is 5.43 Å². The lowest BCUT2D eigenvalue weighted by atomic mass is 10.2. The normalized spacial score (nSPS) is 11.5. The first-order valence-electron chi connectivity index (χ1n) is 7.16. The topological polar surface area (TPSA) is 78.8 Å². The third-order valence-electron chi connectivity index (χ3n) is 3.07. The summed E-state index contributed by atoms with van der Waals surface area (Å²) in [6.07, 6.45) is 2.43. The predicted molar refractivity (Wildman–Crippen MR) is 109 cm³/mol. The van der Waals surface area contributed by atoms with Crippen molar-refractivity contribution in [3.05, 3.63) is 62.5 Å². The molecule has 0 aliphatic heterocycles. The lowest BCUT2D eigenvalue weighted by molar-refractivity contribution is -0.119. The van der Waals surface area contributed by atoms with Gasteiger partial charge in [-0.2, -0.15) is 5.10 Å². The molecule has 0 radical (unpaired) electrons. The fraction of sp³-hybridized carbons (Fsp3) is 0.125. The van der Waals surface area contributed by atoms with E-state index in [0.29, 0.717) is 0 Å². The van der Waals surface area contributed by atoms with E-state index in [4.69, 9.17) is 23.2 Å². The number of halogens is 3. The highest BCUT2D eigenvalue weighted by molar-refractivity contribution is 9.10. The van der Waals surface area contributed by atoms with Crippen LogP contribution in [0.2, 0.25) is 10.0 Å². The van der Waals surface area contributed by atoms with Gasteiger partial charge in [-0.25, -0.2) is 13.8 Å². The van der Waals surface area contributed by atoms with Gasteiger partial charge in [0.15, 0.2) is 0 Å².